The van der Waals surface area contributed by atoms with Crippen molar-refractivity contribution in [3.8, 4) is 0 Å². The molecule has 1 aromatic rings. The van der Waals surface area contributed by atoms with Gasteiger partial charge in [-0.1, -0.05) is 35.0 Å². The number of hydrogen-bond acceptors (Lipinski definition) is 2. The SMILES string of the molecule is CSc1ccccc1C(=O)NCC(C)CBr. The van der Waals surface area contributed by atoms with Crippen LogP contribution >= 0.6 is 27.7 Å². The van der Waals surface area contributed by atoms with E-state index in [0.29, 0.717) is 12.5 Å². The van der Waals surface area contributed by atoms with Crippen molar-refractivity contribution in [3.05, 3.63) is 29.8 Å². The van der Waals surface area contributed by atoms with Crippen LogP contribution in [-0.4, -0.2) is 24.0 Å². The van der Waals surface area contributed by atoms with Crippen LogP contribution in [0.4, 0.5) is 0 Å². The van der Waals surface area contributed by atoms with E-state index in [1.165, 1.54) is 0 Å². The number of halogens is 1. The fraction of sp³-hybridized carbons (Fsp3) is 0.417. The molecule has 1 amide bonds. The highest BCUT2D eigenvalue weighted by molar-refractivity contribution is 9.09. The highest BCUT2D eigenvalue weighted by atomic mass is 79.9. The first kappa shape index (κ1) is 13.6. The maximum absolute atomic E-state index is 11.9. The zero-order valence-electron chi connectivity index (χ0n) is 9.50. The summed E-state index contributed by atoms with van der Waals surface area (Å²) in [5.74, 6) is 0.461. The standard InChI is InChI=1S/C12H16BrNOS/c1-9(7-13)8-14-12(15)10-5-3-4-6-11(10)16-2/h3-6,9H,7-8H2,1-2H3,(H,14,15). The highest BCUT2D eigenvalue weighted by Crippen LogP contribution is 2.19. The van der Waals surface area contributed by atoms with Gasteiger partial charge in [0.2, 0.25) is 0 Å². The molecule has 0 spiro atoms. The number of rotatable bonds is 5. The van der Waals surface area contributed by atoms with Gasteiger partial charge in [-0.05, 0) is 24.3 Å². The Morgan fingerprint density at radius 1 is 1.50 bits per heavy atom. The summed E-state index contributed by atoms with van der Waals surface area (Å²) >= 11 is 4.99. The average molecular weight is 302 g/mol. The third-order valence-electron chi connectivity index (χ3n) is 2.23. The molecule has 0 fully saturated rings. The van der Waals surface area contributed by atoms with Gasteiger partial charge in [-0.2, -0.15) is 0 Å². The predicted octanol–water partition coefficient (Wildman–Crippen LogP) is 3.17. The summed E-state index contributed by atoms with van der Waals surface area (Å²) in [5.41, 5.74) is 0.761. The molecule has 1 rings (SSSR count). The molecule has 0 saturated heterocycles. The monoisotopic (exact) mass is 301 g/mol. The molecule has 0 heterocycles. The second kappa shape index (κ2) is 6.97. The highest BCUT2D eigenvalue weighted by Gasteiger charge is 2.10. The minimum atomic E-state index is 0.0118. The molecule has 0 radical (unpaired) electrons. The van der Waals surface area contributed by atoms with Gasteiger partial charge in [0.25, 0.3) is 5.91 Å². The van der Waals surface area contributed by atoms with E-state index in [2.05, 4.69) is 28.2 Å². The van der Waals surface area contributed by atoms with Crippen LogP contribution in [0.15, 0.2) is 29.2 Å². The minimum Gasteiger partial charge on any atom is -0.352 e. The van der Waals surface area contributed by atoms with Gasteiger partial charge in [0.05, 0.1) is 5.56 Å². The first-order valence-electron chi connectivity index (χ1n) is 5.16. The Balaban J connectivity index is 2.65. The van der Waals surface area contributed by atoms with Crippen LogP contribution in [0.2, 0.25) is 0 Å². The number of benzene rings is 1. The molecule has 2 nitrogen and oxygen atoms in total. The van der Waals surface area contributed by atoms with Crippen LogP contribution in [0, 0.1) is 5.92 Å². The number of nitrogens with one attached hydrogen (secondary N) is 1. The lowest BCUT2D eigenvalue weighted by molar-refractivity contribution is 0.0946. The summed E-state index contributed by atoms with van der Waals surface area (Å²) in [6, 6.07) is 7.67. The van der Waals surface area contributed by atoms with Gasteiger partial charge in [-0.3, -0.25) is 4.79 Å². The number of hydrogen-bond donors (Lipinski definition) is 1. The predicted molar refractivity (Wildman–Crippen MR) is 73.5 cm³/mol. The van der Waals surface area contributed by atoms with Crippen LogP contribution in [0.25, 0.3) is 0 Å². The summed E-state index contributed by atoms with van der Waals surface area (Å²) < 4.78 is 0. The van der Waals surface area contributed by atoms with Gasteiger partial charge in [-0.25, -0.2) is 0 Å². The summed E-state index contributed by atoms with van der Waals surface area (Å²) in [6.07, 6.45) is 1.98. The fourth-order valence-electron chi connectivity index (χ4n) is 1.25. The van der Waals surface area contributed by atoms with E-state index in [9.17, 15) is 4.79 Å². The molecule has 0 saturated carbocycles. The molecule has 16 heavy (non-hydrogen) atoms. The van der Waals surface area contributed by atoms with Crippen LogP contribution in [0.3, 0.4) is 0 Å². The second-order valence-corrected chi connectivity index (χ2v) is 5.17. The zero-order valence-corrected chi connectivity index (χ0v) is 11.9. The van der Waals surface area contributed by atoms with Gasteiger partial charge in [0, 0.05) is 16.8 Å². The average Bonchev–Trinajstić information content (AvgIpc) is 2.35. The summed E-state index contributed by atoms with van der Waals surface area (Å²) in [7, 11) is 0. The number of alkyl halides is 1. The van der Waals surface area contributed by atoms with Gasteiger partial charge in [0.1, 0.15) is 0 Å². The zero-order chi connectivity index (χ0) is 12.0. The quantitative estimate of drug-likeness (QED) is 0.668. The maximum Gasteiger partial charge on any atom is 0.252 e. The van der Waals surface area contributed by atoms with E-state index in [-0.39, 0.29) is 5.91 Å². The third-order valence-corrected chi connectivity index (χ3v) is 4.13. The first-order valence-corrected chi connectivity index (χ1v) is 7.50. The molecule has 1 N–H and O–H groups in total. The maximum atomic E-state index is 11.9. The molecule has 1 atom stereocenters. The van der Waals surface area contributed by atoms with Gasteiger partial charge < -0.3 is 5.32 Å². The second-order valence-electron chi connectivity index (χ2n) is 3.67. The van der Waals surface area contributed by atoms with Crippen molar-refractivity contribution in [2.75, 3.05) is 18.1 Å². The largest absolute Gasteiger partial charge is 0.352 e. The Kier molecular flexibility index (Phi) is 5.91. The molecule has 0 aliphatic heterocycles. The van der Waals surface area contributed by atoms with Crippen molar-refractivity contribution in [2.24, 2.45) is 5.92 Å². The molecule has 1 aromatic carbocycles. The topological polar surface area (TPSA) is 29.1 Å². The first-order chi connectivity index (χ1) is 7.69. The lowest BCUT2D eigenvalue weighted by Crippen LogP contribution is -2.29. The molecule has 0 bridgehead atoms. The van der Waals surface area contributed by atoms with Crippen LogP contribution in [0.1, 0.15) is 17.3 Å². The van der Waals surface area contributed by atoms with E-state index in [4.69, 9.17) is 0 Å². The molecule has 88 valence electrons. The summed E-state index contributed by atoms with van der Waals surface area (Å²) in [5, 5.41) is 3.84. The van der Waals surface area contributed by atoms with Crippen molar-refractivity contribution in [1.82, 2.24) is 5.32 Å². The van der Waals surface area contributed by atoms with E-state index < -0.39 is 0 Å². The number of thioether (sulfide) groups is 1. The lowest BCUT2D eigenvalue weighted by atomic mass is 10.2. The van der Waals surface area contributed by atoms with Crippen LogP contribution in [-0.2, 0) is 0 Å². The van der Waals surface area contributed by atoms with Gasteiger partial charge in [0.15, 0.2) is 0 Å². The van der Waals surface area contributed by atoms with Crippen molar-refractivity contribution in [1.29, 1.82) is 0 Å². The van der Waals surface area contributed by atoms with E-state index in [0.717, 1.165) is 15.8 Å². The van der Waals surface area contributed by atoms with Crippen LogP contribution in [0.5, 0.6) is 0 Å². The Bertz CT molecular complexity index is 357. The fourth-order valence-corrected chi connectivity index (χ4v) is 2.07. The molecule has 1 unspecified atom stereocenters. The third kappa shape index (κ3) is 3.83. The van der Waals surface area contributed by atoms with Gasteiger partial charge in [-0.15, -0.1) is 11.8 Å². The number of amides is 1. The van der Waals surface area contributed by atoms with Gasteiger partial charge >= 0.3 is 0 Å². The summed E-state index contributed by atoms with van der Waals surface area (Å²) in [6.45, 7) is 2.79. The molecule has 0 aromatic heterocycles. The number of carbonyl (C=O) groups is 1. The smallest absolute Gasteiger partial charge is 0.252 e. The molecular weight excluding hydrogens is 286 g/mol. The number of carbonyl (C=O) groups excluding carboxylic acids is 1. The Morgan fingerprint density at radius 2 is 2.19 bits per heavy atom. The van der Waals surface area contributed by atoms with Crippen molar-refractivity contribution in [3.63, 3.8) is 0 Å². The van der Waals surface area contributed by atoms with Crippen molar-refractivity contribution in [2.45, 2.75) is 11.8 Å². The molecule has 0 aliphatic rings. The molecule has 4 heteroatoms. The van der Waals surface area contributed by atoms with Crippen molar-refractivity contribution < 1.29 is 4.79 Å². The Morgan fingerprint density at radius 3 is 2.81 bits per heavy atom. The Hall–Kier alpha value is -0.480. The lowest BCUT2D eigenvalue weighted by Gasteiger charge is -2.11. The van der Waals surface area contributed by atoms with E-state index in [1.54, 1.807) is 11.8 Å². The summed E-state index contributed by atoms with van der Waals surface area (Å²) in [4.78, 5) is 12.9. The molecule has 0 aliphatic carbocycles. The van der Waals surface area contributed by atoms with Crippen molar-refractivity contribution >= 4 is 33.6 Å². The van der Waals surface area contributed by atoms with E-state index in [1.807, 2.05) is 30.5 Å². The van der Waals surface area contributed by atoms with E-state index >= 15 is 0 Å². The van der Waals surface area contributed by atoms with Crippen LogP contribution < -0.4 is 5.32 Å². The molecular formula is C12H16BrNOS. The normalized spacial score (nSPS) is 12.2. The Labute approximate surface area is 109 Å². The minimum absolute atomic E-state index is 0.0118.